The zero-order valence-corrected chi connectivity index (χ0v) is 35.7. The minimum absolute atomic E-state index is 0.178. The molecule has 3 heteroatoms. The number of anilines is 9. The van der Waals surface area contributed by atoms with E-state index in [1.54, 1.807) is 0 Å². The third-order valence-corrected chi connectivity index (χ3v) is 12.3. The van der Waals surface area contributed by atoms with Crippen LogP contribution >= 0.6 is 0 Å². The van der Waals surface area contributed by atoms with Gasteiger partial charge in [0.2, 0.25) is 0 Å². The molecule has 0 unspecified atom stereocenters. The van der Waals surface area contributed by atoms with Gasteiger partial charge in [-0.2, -0.15) is 0 Å². The molecule has 0 saturated heterocycles. The second-order valence-electron chi connectivity index (χ2n) is 16.8. The van der Waals surface area contributed by atoms with Crippen molar-refractivity contribution in [3.63, 3.8) is 0 Å². The predicted molar refractivity (Wildman–Crippen MR) is 263 cm³/mol. The van der Waals surface area contributed by atoms with Crippen molar-refractivity contribution in [2.45, 2.75) is 33.1 Å². The number of benzene rings is 9. The summed E-state index contributed by atoms with van der Waals surface area (Å²) in [6.45, 7) is 9.24. The van der Waals surface area contributed by atoms with Crippen LogP contribution in [-0.4, -0.2) is 0 Å². The molecule has 1 aliphatic carbocycles. The topological polar surface area (TPSA) is 9.72 Å². The number of nitrogens with zero attached hydrogens (tertiary/aromatic N) is 3. The van der Waals surface area contributed by atoms with Crippen molar-refractivity contribution in [2.24, 2.45) is 0 Å². The lowest BCUT2D eigenvalue weighted by Crippen LogP contribution is -2.18. The Morgan fingerprint density at radius 1 is 0.306 bits per heavy atom. The fourth-order valence-electron chi connectivity index (χ4n) is 9.42. The van der Waals surface area contributed by atoms with Gasteiger partial charge in [0.25, 0.3) is 0 Å². The molecule has 0 heterocycles. The summed E-state index contributed by atoms with van der Waals surface area (Å²) in [4.78, 5) is 7.18. The Labute approximate surface area is 366 Å². The first kappa shape index (κ1) is 38.6. The van der Waals surface area contributed by atoms with Gasteiger partial charge in [-0.25, -0.2) is 0 Å². The molecular weight excluding hydrogens is 751 g/mol. The molecule has 0 aliphatic heterocycles. The number of hydrogen-bond donors (Lipinski definition) is 0. The normalized spacial score (nSPS) is 12.3. The third kappa shape index (κ3) is 7.12. The van der Waals surface area contributed by atoms with E-state index in [1.165, 1.54) is 44.5 Å². The molecule has 0 bridgehead atoms. The maximum absolute atomic E-state index is 2.45. The van der Waals surface area contributed by atoms with E-state index in [4.69, 9.17) is 0 Å². The summed E-state index contributed by atoms with van der Waals surface area (Å²) in [5.41, 5.74) is 19.9. The number of para-hydroxylation sites is 4. The van der Waals surface area contributed by atoms with Crippen LogP contribution in [0.4, 0.5) is 51.2 Å². The van der Waals surface area contributed by atoms with Gasteiger partial charge in [-0.1, -0.05) is 153 Å². The molecule has 0 atom stereocenters. The van der Waals surface area contributed by atoms with Crippen molar-refractivity contribution in [3.8, 4) is 22.3 Å². The van der Waals surface area contributed by atoms with Crippen LogP contribution < -0.4 is 14.7 Å². The Hall–Kier alpha value is -7.62. The first-order chi connectivity index (χ1) is 30.3. The zero-order valence-electron chi connectivity index (χ0n) is 35.7. The van der Waals surface area contributed by atoms with Gasteiger partial charge in [-0.3, -0.25) is 0 Å². The fraction of sp³-hybridized carbons (Fsp3) is 0.0847. The van der Waals surface area contributed by atoms with Gasteiger partial charge in [-0.15, -0.1) is 0 Å². The van der Waals surface area contributed by atoms with Gasteiger partial charge < -0.3 is 14.7 Å². The van der Waals surface area contributed by atoms with Gasteiger partial charge in [0, 0.05) is 39.5 Å². The summed E-state index contributed by atoms with van der Waals surface area (Å²) < 4.78 is 0. The molecular formula is C59H49N3. The molecule has 3 nitrogen and oxygen atoms in total. The van der Waals surface area contributed by atoms with E-state index < -0.39 is 0 Å². The maximum Gasteiger partial charge on any atom is 0.0503 e. The van der Waals surface area contributed by atoms with Gasteiger partial charge in [0.15, 0.2) is 0 Å². The molecule has 9 aromatic carbocycles. The van der Waals surface area contributed by atoms with Crippen LogP contribution in [0.5, 0.6) is 0 Å². The largest absolute Gasteiger partial charge is 0.310 e. The average molecular weight is 800 g/mol. The minimum Gasteiger partial charge on any atom is -0.310 e. The molecule has 0 radical (unpaired) electrons. The minimum atomic E-state index is -0.178. The highest BCUT2D eigenvalue weighted by Gasteiger charge is 2.37. The number of aryl methyl sites for hydroxylation is 2. The smallest absolute Gasteiger partial charge is 0.0503 e. The van der Waals surface area contributed by atoms with Crippen molar-refractivity contribution < 1.29 is 0 Å². The number of hydrogen-bond acceptors (Lipinski definition) is 3. The van der Waals surface area contributed by atoms with Crippen molar-refractivity contribution in [1.29, 1.82) is 0 Å². The van der Waals surface area contributed by atoms with Crippen LogP contribution in [0, 0.1) is 13.8 Å². The average Bonchev–Trinajstić information content (AvgIpc) is 3.53. The van der Waals surface area contributed by atoms with Crippen molar-refractivity contribution >= 4 is 51.2 Å². The number of rotatable bonds is 10. The van der Waals surface area contributed by atoms with Gasteiger partial charge in [-0.05, 0) is 144 Å². The summed E-state index contributed by atoms with van der Waals surface area (Å²) in [5, 5.41) is 0. The van der Waals surface area contributed by atoms with E-state index in [-0.39, 0.29) is 5.41 Å². The highest BCUT2D eigenvalue weighted by Crippen LogP contribution is 2.53. The fourth-order valence-corrected chi connectivity index (χ4v) is 9.42. The van der Waals surface area contributed by atoms with E-state index in [9.17, 15) is 0 Å². The molecule has 10 rings (SSSR count). The lowest BCUT2D eigenvalue weighted by atomic mass is 9.81. The second-order valence-corrected chi connectivity index (χ2v) is 16.8. The Balaban J connectivity index is 1.24. The summed E-state index contributed by atoms with van der Waals surface area (Å²) >= 11 is 0. The van der Waals surface area contributed by atoms with E-state index in [0.717, 1.165) is 51.2 Å². The van der Waals surface area contributed by atoms with E-state index in [1.807, 2.05) is 0 Å². The zero-order chi connectivity index (χ0) is 42.2. The highest BCUT2D eigenvalue weighted by atomic mass is 15.2. The molecule has 0 amide bonds. The van der Waals surface area contributed by atoms with Gasteiger partial charge in [0.05, 0.1) is 17.1 Å². The van der Waals surface area contributed by atoms with Crippen molar-refractivity contribution in [3.05, 3.63) is 247 Å². The lowest BCUT2D eigenvalue weighted by molar-refractivity contribution is 0.659. The van der Waals surface area contributed by atoms with Crippen LogP contribution in [0.25, 0.3) is 22.3 Å². The SMILES string of the molecule is Cc1cc(C)c2c(c1)C(C)(C)c1cc(N(c3ccc(-c4ccccc4)cc3)c3cc(N(c4ccccc4)c4ccccc4)cc(N(c4ccccc4)c4ccccc4)c3)ccc1-2. The molecule has 62 heavy (non-hydrogen) atoms. The summed E-state index contributed by atoms with van der Waals surface area (Å²) in [5.74, 6) is 0. The first-order valence-electron chi connectivity index (χ1n) is 21.5. The van der Waals surface area contributed by atoms with Crippen LogP contribution in [0.2, 0.25) is 0 Å². The van der Waals surface area contributed by atoms with Crippen LogP contribution in [0.15, 0.2) is 224 Å². The Bertz CT molecular complexity index is 2800. The molecule has 0 spiro atoms. The maximum atomic E-state index is 2.45. The second kappa shape index (κ2) is 16.1. The van der Waals surface area contributed by atoms with E-state index >= 15 is 0 Å². The monoisotopic (exact) mass is 799 g/mol. The molecule has 0 fully saturated rings. The third-order valence-electron chi connectivity index (χ3n) is 12.3. The Kier molecular flexibility index (Phi) is 10.0. The molecule has 1 aliphatic rings. The molecule has 0 saturated carbocycles. The van der Waals surface area contributed by atoms with Gasteiger partial charge in [0.1, 0.15) is 0 Å². The predicted octanol–water partition coefficient (Wildman–Crippen LogP) is 16.7. The molecule has 0 aromatic heterocycles. The molecule has 300 valence electrons. The highest BCUT2D eigenvalue weighted by molar-refractivity contribution is 5.91. The summed E-state index contributed by atoms with van der Waals surface area (Å²) in [7, 11) is 0. The quantitative estimate of drug-likeness (QED) is 0.136. The Morgan fingerprint density at radius 3 is 1.13 bits per heavy atom. The Morgan fingerprint density at radius 2 is 0.677 bits per heavy atom. The first-order valence-corrected chi connectivity index (χ1v) is 21.5. The lowest BCUT2D eigenvalue weighted by Gasteiger charge is -2.33. The van der Waals surface area contributed by atoms with E-state index in [0.29, 0.717) is 0 Å². The van der Waals surface area contributed by atoms with Crippen molar-refractivity contribution in [1.82, 2.24) is 0 Å². The summed E-state index contributed by atoms with van der Waals surface area (Å²) in [6.07, 6.45) is 0. The van der Waals surface area contributed by atoms with Crippen LogP contribution in [0.3, 0.4) is 0 Å². The molecule has 0 N–H and O–H groups in total. The van der Waals surface area contributed by atoms with Crippen LogP contribution in [0.1, 0.15) is 36.1 Å². The van der Waals surface area contributed by atoms with Crippen LogP contribution in [-0.2, 0) is 5.41 Å². The van der Waals surface area contributed by atoms with Crippen molar-refractivity contribution in [2.75, 3.05) is 14.7 Å². The van der Waals surface area contributed by atoms with Gasteiger partial charge >= 0.3 is 0 Å². The molecule has 9 aromatic rings. The van der Waals surface area contributed by atoms with E-state index in [2.05, 4.69) is 267 Å². The number of fused-ring (bicyclic) bond motifs is 3. The summed E-state index contributed by atoms with van der Waals surface area (Å²) in [6, 6.07) is 81.3. The standard InChI is InChI=1S/C59H49N3/c1-42-36-43(2)58-55-35-34-51(41-56(55)59(3,4)57(58)37-42)62(50-32-30-45(31-33-50)44-20-10-5-11-21-44)54-39-52(60(46-22-12-6-13-23-46)47-24-14-7-15-25-47)38-53(40-54)61(48-26-16-8-17-27-48)49-28-18-9-19-29-49/h5-41H,1-4H3.